The second kappa shape index (κ2) is 17.3. The molecule has 0 heterocycles. The molecular formula is C31H56O4Si. The predicted octanol–water partition coefficient (Wildman–Crippen LogP) is 8.81. The van der Waals surface area contributed by atoms with Gasteiger partial charge in [0, 0.05) is 18.9 Å². The topological polar surface area (TPSA) is 44.8 Å². The minimum atomic E-state index is -1.78. The molecule has 3 atom stereocenters. The van der Waals surface area contributed by atoms with Gasteiger partial charge in [-0.15, -0.1) is 0 Å². The summed E-state index contributed by atoms with van der Waals surface area (Å²) in [7, 11) is -0.133. The van der Waals surface area contributed by atoms with Gasteiger partial charge in [-0.2, -0.15) is 0 Å². The molecule has 0 aliphatic heterocycles. The van der Waals surface area contributed by atoms with E-state index >= 15 is 0 Å². The third-order valence-electron chi connectivity index (χ3n) is 7.39. The highest BCUT2D eigenvalue weighted by Crippen LogP contribution is 2.37. The minimum absolute atomic E-state index is 0.0652. The van der Waals surface area contributed by atoms with Gasteiger partial charge in [0.15, 0.2) is 8.32 Å². The molecule has 0 unspecified atom stereocenters. The monoisotopic (exact) mass is 520 g/mol. The largest absolute Gasteiger partial charge is 0.413 e. The van der Waals surface area contributed by atoms with Crippen LogP contribution in [-0.4, -0.2) is 41.2 Å². The maximum atomic E-state index is 11.4. The highest BCUT2D eigenvalue weighted by Gasteiger charge is 2.37. The standard InChI is InChI=1S/C31H56O4Si/c1-13-26(19-28(15-3)22-35-36(11,12)31(7,8)9)18-24(5)17-25(6)30(34-23-33-10)29(16-4)20-27(14-2)21-32/h17-21,25,29-30H,13-16,22-23H2,1-12H3/b24-17+,26-18+,27-20+,28-19+/t25-,29-,30-/m0/s1. The lowest BCUT2D eigenvalue weighted by molar-refractivity contribution is -0.105. The Morgan fingerprint density at radius 1 is 0.944 bits per heavy atom. The van der Waals surface area contributed by atoms with E-state index in [1.54, 1.807) is 7.11 Å². The first-order chi connectivity index (χ1) is 16.8. The van der Waals surface area contributed by atoms with Crippen molar-refractivity contribution < 1.29 is 18.7 Å². The second-order valence-corrected chi connectivity index (χ2v) is 16.2. The Labute approximate surface area is 224 Å². The van der Waals surface area contributed by atoms with Crippen molar-refractivity contribution in [3.05, 3.63) is 46.6 Å². The molecule has 208 valence electrons. The third-order valence-corrected chi connectivity index (χ3v) is 11.9. The van der Waals surface area contributed by atoms with Gasteiger partial charge in [0.25, 0.3) is 0 Å². The summed E-state index contributed by atoms with van der Waals surface area (Å²) in [4.78, 5) is 11.4. The number of carbonyl (C=O) groups is 1. The molecule has 0 bridgehead atoms. The average Bonchev–Trinajstić information content (AvgIpc) is 2.82. The molecule has 0 spiro atoms. The predicted molar refractivity (Wildman–Crippen MR) is 158 cm³/mol. The summed E-state index contributed by atoms with van der Waals surface area (Å²) in [6.07, 6.45) is 13.4. The molecule has 0 amide bonds. The van der Waals surface area contributed by atoms with E-state index in [2.05, 4.69) is 92.8 Å². The number of ether oxygens (including phenoxy) is 2. The van der Waals surface area contributed by atoms with E-state index in [0.29, 0.717) is 6.61 Å². The van der Waals surface area contributed by atoms with Crippen molar-refractivity contribution >= 4 is 14.6 Å². The maximum absolute atomic E-state index is 11.4. The molecule has 0 aliphatic carbocycles. The minimum Gasteiger partial charge on any atom is -0.413 e. The number of allylic oxidation sites excluding steroid dienone is 5. The first kappa shape index (κ1) is 34.7. The fourth-order valence-corrected chi connectivity index (χ4v) is 4.85. The third kappa shape index (κ3) is 12.3. The Hall–Kier alpha value is -1.27. The lowest BCUT2D eigenvalue weighted by atomic mass is 9.87. The molecule has 4 nitrogen and oxygen atoms in total. The first-order valence-corrected chi connectivity index (χ1v) is 16.7. The van der Waals surface area contributed by atoms with Gasteiger partial charge >= 0.3 is 0 Å². The number of aldehydes is 1. The summed E-state index contributed by atoms with van der Waals surface area (Å²) < 4.78 is 17.8. The zero-order valence-electron chi connectivity index (χ0n) is 25.5. The summed E-state index contributed by atoms with van der Waals surface area (Å²) in [6, 6.07) is 0. The molecule has 0 aliphatic rings. The fourth-order valence-electron chi connectivity index (χ4n) is 3.87. The van der Waals surface area contributed by atoms with E-state index in [1.807, 2.05) is 6.92 Å². The van der Waals surface area contributed by atoms with Crippen molar-refractivity contribution in [2.75, 3.05) is 20.5 Å². The zero-order valence-corrected chi connectivity index (χ0v) is 26.5. The molecule has 0 aromatic carbocycles. The van der Waals surface area contributed by atoms with Crippen LogP contribution in [0.3, 0.4) is 0 Å². The maximum Gasteiger partial charge on any atom is 0.192 e. The Morgan fingerprint density at radius 3 is 2.00 bits per heavy atom. The van der Waals surface area contributed by atoms with Gasteiger partial charge in [-0.05, 0) is 67.5 Å². The zero-order chi connectivity index (χ0) is 27.9. The van der Waals surface area contributed by atoms with Crippen molar-refractivity contribution in [3.8, 4) is 0 Å². The van der Waals surface area contributed by atoms with E-state index < -0.39 is 8.32 Å². The van der Waals surface area contributed by atoms with Crippen LogP contribution in [-0.2, 0) is 18.7 Å². The summed E-state index contributed by atoms with van der Waals surface area (Å²) in [5.41, 5.74) is 4.69. The number of rotatable bonds is 17. The number of hydrogen-bond acceptors (Lipinski definition) is 4. The molecule has 0 fully saturated rings. The Morgan fingerprint density at radius 2 is 1.56 bits per heavy atom. The number of hydrogen-bond donors (Lipinski definition) is 0. The van der Waals surface area contributed by atoms with E-state index in [0.717, 1.165) is 37.5 Å². The smallest absolute Gasteiger partial charge is 0.192 e. The van der Waals surface area contributed by atoms with Crippen LogP contribution >= 0.6 is 0 Å². The van der Waals surface area contributed by atoms with Crippen LogP contribution in [0, 0.1) is 11.8 Å². The molecule has 5 heteroatoms. The van der Waals surface area contributed by atoms with E-state index in [1.165, 1.54) is 16.7 Å². The molecule has 0 aromatic heterocycles. The molecule has 0 saturated carbocycles. The van der Waals surface area contributed by atoms with E-state index in [4.69, 9.17) is 13.9 Å². The Kier molecular flexibility index (Phi) is 16.7. The normalized spacial score (nSPS) is 17.2. The molecule has 0 rings (SSSR count). The summed E-state index contributed by atoms with van der Waals surface area (Å²) in [6.45, 7) is 25.3. The lowest BCUT2D eigenvalue weighted by Gasteiger charge is -2.36. The molecule has 0 N–H and O–H groups in total. The average molecular weight is 521 g/mol. The van der Waals surface area contributed by atoms with Crippen molar-refractivity contribution in [2.45, 2.75) is 112 Å². The highest BCUT2D eigenvalue weighted by molar-refractivity contribution is 6.74. The van der Waals surface area contributed by atoms with Gasteiger partial charge in [-0.25, -0.2) is 0 Å². The van der Waals surface area contributed by atoms with Crippen LogP contribution in [0.1, 0.15) is 88.0 Å². The SMILES string of the molecule is CC/C(C=O)=C\[C@H](CC)[C@@H](OCOC)[C@@H](C)/C=C(C)/C=C(/C=C(\CC)CO[Si](C)(C)C(C)(C)C)CC. The van der Waals surface area contributed by atoms with Gasteiger partial charge in [-0.1, -0.05) is 85.3 Å². The van der Waals surface area contributed by atoms with Crippen LogP contribution in [0.5, 0.6) is 0 Å². The van der Waals surface area contributed by atoms with Crippen molar-refractivity contribution in [1.82, 2.24) is 0 Å². The van der Waals surface area contributed by atoms with Gasteiger partial charge < -0.3 is 13.9 Å². The van der Waals surface area contributed by atoms with Gasteiger partial charge in [-0.3, -0.25) is 4.79 Å². The quantitative estimate of drug-likeness (QED) is 0.0632. The highest BCUT2D eigenvalue weighted by atomic mass is 28.4. The Balaban J connectivity index is 5.86. The lowest BCUT2D eigenvalue weighted by Crippen LogP contribution is -2.41. The van der Waals surface area contributed by atoms with E-state index in [-0.39, 0.29) is 29.8 Å². The molecule has 36 heavy (non-hydrogen) atoms. The van der Waals surface area contributed by atoms with E-state index in [9.17, 15) is 4.79 Å². The summed E-state index contributed by atoms with van der Waals surface area (Å²) >= 11 is 0. The number of methoxy groups -OCH3 is 1. The molecule has 0 saturated heterocycles. The van der Waals surface area contributed by atoms with Crippen LogP contribution < -0.4 is 0 Å². The van der Waals surface area contributed by atoms with Crippen LogP contribution in [0.4, 0.5) is 0 Å². The van der Waals surface area contributed by atoms with Crippen LogP contribution in [0.15, 0.2) is 46.6 Å². The summed E-state index contributed by atoms with van der Waals surface area (Å²) in [5.74, 6) is 0.310. The van der Waals surface area contributed by atoms with Crippen LogP contribution in [0.2, 0.25) is 18.1 Å². The first-order valence-electron chi connectivity index (χ1n) is 13.8. The van der Waals surface area contributed by atoms with Crippen molar-refractivity contribution in [1.29, 1.82) is 0 Å². The fraction of sp³-hybridized carbons (Fsp3) is 0.710. The Bertz CT molecular complexity index is 768. The van der Waals surface area contributed by atoms with Crippen molar-refractivity contribution in [2.24, 2.45) is 11.8 Å². The van der Waals surface area contributed by atoms with Crippen molar-refractivity contribution in [3.63, 3.8) is 0 Å². The molecular weight excluding hydrogens is 464 g/mol. The molecule has 0 aromatic rings. The van der Waals surface area contributed by atoms with Gasteiger partial charge in [0.05, 0.1) is 12.7 Å². The van der Waals surface area contributed by atoms with Gasteiger partial charge in [0.1, 0.15) is 13.1 Å². The second-order valence-electron chi connectivity index (χ2n) is 11.4. The van der Waals surface area contributed by atoms with Crippen LogP contribution in [0.25, 0.3) is 0 Å². The van der Waals surface area contributed by atoms with Gasteiger partial charge in [0.2, 0.25) is 0 Å². The summed E-state index contributed by atoms with van der Waals surface area (Å²) in [5, 5.41) is 0.210. The number of carbonyl (C=O) groups excluding carboxylic acids is 1. The molecule has 0 radical (unpaired) electrons.